The molecule has 0 aromatic heterocycles. The summed E-state index contributed by atoms with van der Waals surface area (Å²) in [4.78, 5) is 15.8. The smallest absolute Gasteiger partial charge is 0.320 e. The highest BCUT2D eigenvalue weighted by Crippen LogP contribution is 2.27. The molecule has 2 fully saturated rings. The molecular formula is C12H23N3O2. The van der Waals surface area contributed by atoms with Crippen molar-refractivity contribution in [3.63, 3.8) is 0 Å². The van der Waals surface area contributed by atoms with Crippen LogP contribution in [0.5, 0.6) is 0 Å². The standard InChI is InChI=1S/C12H23N3O2/c1-13-11(12(16)17)4-5-14-6-8-15(9-7-14)10-2-3-10/h10-11,13H,2-9H2,1H3,(H,16,17). The SMILES string of the molecule is CNC(CCN1CCN(C2CC2)CC1)C(=O)O. The minimum Gasteiger partial charge on any atom is -0.480 e. The van der Waals surface area contributed by atoms with Crippen LogP contribution in [0.25, 0.3) is 0 Å². The number of nitrogens with one attached hydrogen (secondary N) is 1. The van der Waals surface area contributed by atoms with E-state index >= 15 is 0 Å². The van der Waals surface area contributed by atoms with E-state index in [1.54, 1.807) is 7.05 Å². The number of carboxylic acid groups (broad SMARTS) is 1. The molecule has 0 bridgehead atoms. The van der Waals surface area contributed by atoms with Crippen LogP contribution in [0, 0.1) is 0 Å². The fourth-order valence-electron chi connectivity index (χ4n) is 2.49. The van der Waals surface area contributed by atoms with Gasteiger partial charge in [-0.1, -0.05) is 0 Å². The Morgan fingerprint density at radius 3 is 2.47 bits per heavy atom. The van der Waals surface area contributed by atoms with Crippen LogP contribution >= 0.6 is 0 Å². The Morgan fingerprint density at radius 2 is 2.00 bits per heavy atom. The number of likely N-dealkylation sites (N-methyl/N-ethyl adjacent to an activating group) is 1. The van der Waals surface area contributed by atoms with Crippen LogP contribution in [-0.2, 0) is 4.79 Å². The van der Waals surface area contributed by atoms with Crippen LogP contribution in [0.3, 0.4) is 0 Å². The molecule has 2 rings (SSSR count). The minimum absolute atomic E-state index is 0.406. The summed E-state index contributed by atoms with van der Waals surface area (Å²) in [6.45, 7) is 5.37. The van der Waals surface area contributed by atoms with Gasteiger partial charge in [-0.2, -0.15) is 0 Å². The average molecular weight is 241 g/mol. The zero-order valence-corrected chi connectivity index (χ0v) is 10.6. The lowest BCUT2D eigenvalue weighted by atomic mass is 10.2. The number of rotatable bonds is 6. The lowest BCUT2D eigenvalue weighted by molar-refractivity contribution is -0.139. The summed E-state index contributed by atoms with van der Waals surface area (Å²) in [5, 5.41) is 11.8. The Hall–Kier alpha value is -0.650. The van der Waals surface area contributed by atoms with Crippen molar-refractivity contribution in [1.82, 2.24) is 15.1 Å². The number of nitrogens with zero attached hydrogens (tertiary/aromatic N) is 2. The van der Waals surface area contributed by atoms with Gasteiger partial charge in [0.25, 0.3) is 0 Å². The van der Waals surface area contributed by atoms with E-state index in [-0.39, 0.29) is 0 Å². The van der Waals surface area contributed by atoms with E-state index in [4.69, 9.17) is 5.11 Å². The summed E-state index contributed by atoms with van der Waals surface area (Å²) in [5.41, 5.74) is 0. The van der Waals surface area contributed by atoms with Crippen molar-refractivity contribution >= 4 is 5.97 Å². The van der Waals surface area contributed by atoms with Gasteiger partial charge in [-0.15, -0.1) is 0 Å². The maximum absolute atomic E-state index is 10.9. The first-order valence-corrected chi connectivity index (χ1v) is 6.57. The van der Waals surface area contributed by atoms with E-state index in [1.807, 2.05) is 0 Å². The van der Waals surface area contributed by atoms with Crippen LogP contribution in [0.1, 0.15) is 19.3 Å². The van der Waals surface area contributed by atoms with Gasteiger partial charge in [0.05, 0.1) is 0 Å². The summed E-state index contributed by atoms with van der Waals surface area (Å²) in [6, 6.07) is 0.456. The highest BCUT2D eigenvalue weighted by molar-refractivity contribution is 5.73. The Balaban J connectivity index is 1.65. The van der Waals surface area contributed by atoms with E-state index in [2.05, 4.69) is 15.1 Å². The summed E-state index contributed by atoms with van der Waals surface area (Å²) in [7, 11) is 1.71. The second kappa shape index (κ2) is 5.80. The van der Waals surface area contributed by atoms with Gasteiger partial charge in [0, 0.05) is 38.8 Å². The fraction of sp³-hybridized carbons (Fsp3) is 0.917. The Kier molecular flexibility index (Phi) is 4.36. The van der Waals surface area contributed by atoms with Crippen LogP contribution in [0.4, 0.5) is 0 Å². The quantitative estimate of drug-likeness (QED) is 0.676. The Bertz CT molecular complexity index is 260. The molecule has 1 saturated heterocycles. The third-order valence-corrected chi connectivity index (χ3v) is 3.85. The van der Waals surface area contributed by atoms with Crippen LogP contribution in [0.15, 0.2) is 0 Å². The van der Waals surface area contributed by atoms with Gasteiger partial charge in [0.1, 0.15) is 6.04 Å². The highest BCUT2D eigenvalue weighted by atomic mass is 16.4. The van der Waals surface area contributed by atoms with Gasteiger partial charge in [0.15, 0.2) is 0 Å². The third kappa shape index (κ3) is 3.66. The number of hydrogen-bond donors (Lipinski definition) is 2. The molecule has 1 aliphatic carbocycles. The van der Waals surface area contributed by atoms with Gasteiger partial charge >= 0.3 is 5.97 Å². The Labute approximate surface area is 103 Å². The largest absolute Gasteiger partial charge is 0.480 e. The predicted octanol–water partition coefficient (Wildman–Crippen LogP) is -0.171. The molecule has 17 heavy (non-hydrogen) atoms. The van der Waals surface area contributed by atoms with Crippen molar-refractivity contribution in [3.05, 3.63) is 0 Å². The second-order valence-corrected chi connectivity index (χ2v) is 5.08. The lowest BCUT2D eigenvalue weighted by Crippen LogP contribution is -2.48. The number of aliphatic carboxylic acids is 1. The molecule has 5 heteroatoms. The molecule has 1 aliphatic heterocycles. The van der Waals surface area contributed by atoms with Crippen molar-refractivity contribution in [3.8, 4) is 0 Å². The topological polar surface area (TPSA) is 55.8 Å². The zero-order valence-electron chi connectivity index (χ0n) is 10.6. The van der Waals surface area contributed by atoms with Crippen LogP contribution in [-0.4, -0.2) is 72.7 Å². The molecule has 2 N–H and O–H groups in total. The summed E-state index contributed by atoms with van der Waals surface area (Å²) < 4.78 is 0. The molecule has 5 nitrogen and oxygen atoms in total. The third-order valence-electron chi connectivity index (χ3n) is 3.85. The normalized spacial score (nSPS) is 24.8. The number of piperazine rings is 1. The van der Waals surface area contributed by atoms with E-state index in [0.29, 0.717) is 6.42 Å². The van der Waals surface area contributed by atoms with E-state index in [9.17, 15) is 4.79 Å². The molecule has 0 aromatic carbocycles. The number of carbonyl (C=O) groups is 1. The fourth-order valence-corrected chi connectivity index (χ4v) is 2.49. The first-order chi connectivity index (χ1) is 8.20. The molecule has 1 saturated carbocycles. The number of hydrogen-bond acceptors (Lipinski definition) is 4. The highest BCUT2D eigenvalue weighted by Gasteiger charge is 2.31. The van der Waals surface area contributed by atoms with Gasteiger partial charge in [-0.05, 0) is 26.3 Å². The zero-order chi connectivity index (χ0) is 12.3. The molecule has 2 aliphatic rings. The molecule has 0 amide bonds. The van der Waals surface area contributed by atoms with Gasteiger partial charge < -0.3 is 15.3 Å². The molecule has 1 atom stereocenters. The summed E-state index contributed by atoms with van der Waals surface area (Å²) in [6.07, 6.45) is 3.44. The monoisotopic (exact) mass is 241 g/mol. The van der Waals surface area contributed by atoms with Crippen molar-refractivity contribution in [2.75, 3.05) is 39.8 Å². The van der Waals surface area contributed by atoms with E-state index in [1.165, 1.54) is 12.8 Å². The average Bonchev–Trinajstić information content (AvgIpc) is 3.14. The predicted molar refractivity (Wildman–Crippen MR) is 66.1 cm³/mol. The van der Waals surface area contributed by atoms with Crippen molar-refractivity contribution in [2.24, 2.45) is 0 Å². The summed E-state index contributed by atoms with van der Waals surface area (Å²) in [5.74, 6) is -0.746. The van der Waals surface area contributed by atoms with Crippen molar-refractivity contribution < 1.29 is 9.90 Å². The molecule has 98 valence electrons. The molecule has 0 aromatic rings. The van der Waals surface area contributed by atoms with Crippen molar-refractivity contribution in [2.45, 2.75) is 31.3 Å². The maximum Gasteiger partial charge on any atom is 0.320 e. The van der Waals surface area contributed by atoms with E-state index < -0.39 is 12.0 Å². The molecule has 1 unspecified atom stereocenters. The lowest BCUT2D eigenvalue weighted by Gasteiger charge is -2.35. The molecule has 0 radical (unpaired) electrons. The Morgan fingerprint density at radius 1 is 1.35 bits per heavy atom. The minimum atomic E-state index is -0.746. The van der Waals surface area contributed by atoms with E-state index in [0.717, 1.165) is 38.8 Å². The van der Waals surface area contributed by atoms with Crippen molar-refractivity contribution in [1.29, 1.82) is 0 Å². The number of carboxylic acids is 1. The van der Waals surface area contributed by atoms with Crippen LogP contribution < -0.4 is 5.32 Å². The van der Waals surface area contributed by atoms with Gasteiger partial charge in [-0.3, -0.25) is 9.69 Å². The molecule has 0 spiro atoms. The van der Waals surface area contributed by atoms with Crippen LogP contribution in [0.2, 0.25) is 0 Å². The maximum atomic E-state index is 10.9. The molecular weight excluding hydrogens is 218 g/mol. The second-order valence-electron chi connectivity index (χ2n) is 5.08. The first-order valence-electron chi connectivity index (χ1n) is 6.57. The summed E-state index contributed by atoms with van der Waals surface area (Å²) >= 11 is 0. The first kappa shape index (κ1) is 12.8. The van der Waals surface area contributed by atoms with Gasteiger partial charge in [-0.25, -0.2) is 0 Å². The molecule has 1 heterocycles. The van der Waals surface area contributed by atoms with Gasteiger partial charge in [0.2, 0.25) is 0 Å².